The lowest BCUT2D eigenvalue weighted by Crippen LogP contribution is -2.25. The van der Waals surface area contributed by atoms with Crippen LogP contribution in [0.2, 0.25) is 0 Å². The summed E-state index contributed by atoms with van der Waals surface area (Å²) in [5.41, 5.74) is 1.38. The maximum Gasteiger partial charge on any atom is 0.0448 e. The summed E-state index contributed by atoms with van der Waals surface area (Å²) in [5.74, 6) is 0.835. The second-order valence-corrected chi connectivity index (χ2v) is 7.35. The molecular weight excluding hydrogens is 282 g/mol. The molecule has 0 saturated heterocycles. The molecule has 1 nitrogen and oxygen atoms in total. The number of hydrogen-bond acceptors (Lipinski definition) is 3. The highest BCUT2D eigenvalue weighted by atomic mass is 32.2. The molecule has 2 atom stereocenters. The van der Waals surface area contributed by atoms with Gasteiger partial charge in [0.05, 0.1) is 0 Å². The molecule has 3 heteroatoms. The molecule has 1 aliphatic carbocycles. The summed E-state index contributed by atoms with van der Waals surface area (Å²) >= 11 is 3.67. The molecule has 0 aliphatic heterocycles. The second kappa shape index (κ2) is 6.33. The van der Waals surface area contributed by atoms with Crippen LogP contribution < -0.4 is 5.32 Å². The van der Waals surface area contributed by atoms with Crippen molar-refractivity contribution in [3.63, 3.8) is 0 Å². The summed E-state index contributed by atoms with van der Waals surface area (Å²) in [5, 5.41) is 6.02. The van der Waals surface area contributed by atoms with Crippen molar-refractivity contribution in [2.24, 2.45) is 5.92 Å². The maximum absolute atomic E-state index is 3.84. The minimum Gasteiger partial charge on any atom is -0.302 e. The van der Waals surface area contributed by atoms with Gasteiger partial charge in [-0.05, 0) is 61.1 Å². The average Bonchev–Trinajstić information content (AvgIpc) is 3.19. The average molecular weight is 303 g/mol. The summed E-state index contributed by atoms with van der Waals surface area (Å²) in [4.78, 5) is 2.82. The zero-order valence-electron chi connectivity index (χ0n) is 12.0. The fourth-order valence-corrected chi connectivity index (χ4v) is 3.89. The van der Waals surface area contributed by atoms with Crippen molar-refractivity contribution in [2.75, 3.05) is 6.26 Å². The molecular formula is C17H21NS2. The van der Waals surface area contributed by atoms with Crippen molar-refractivity contribution < 1.29 is 0 Å². The number of benzene rings is 1. The summed E-state index contributed by atoms with van der Waals surface area (Å²) in [6.07, 6.45) is 4.86. The van der Waals surface area contributed by atoms with Gasteiger partial charge in [-0.1, -0.05) is 18.2 Å². The Kier molecular flexibility index (Phi) is 4.49. The highest BCUT2D eigenvalue weighted by Crippen LogP contribution is 2.43. The van der Waals surface area contributed by atoms with Crippen LogP contribution in [-0.2, 0) is 0 Å². The highest BCUT2D eigenvalue weighted by molar-refractivity contribution is 7.98. The van der Waals surface area contributed by atoms with Crippen LogP contribution in [0.5, 0.6) is 0 Å². The first-order valence-electron chi connectivity index (χ1n) is 7.21. The Morgan fingerprint density at radius 2 is 1.95 bits per heavy atom. The van der Waals surface area contributed by atoms with Crippen LogP contribution in [0.4, 0.5) is 0 Å². The molecule has 1 N–H and O–H groups in total. The van der Waals surface area contributed by atoms with Crippen molar-refractivity contribution in [2.45, 2.75) is 36.7 Å². The van der Waals surface area contributed by atoms with E-state index in [2.05, 4.69) is 60.3 Å². The maximum atomic E-state index is 3.84. The van der Waals surface area contributed by atoms with Gasteiger partial charge in [0.2, 0.25) is 0 Å². The number of thiophene rings is 1. The van der Waals surface area contributed by atoms with E-state index >= 15 is 0 Å². The summed E-state index contributed by atoms with van der Waals surface area (Å²) in [6, 6.07) is 14.3. The van der Waals surface area contributed by atoms with Gasteiger partial charge >= 0.3 is 0 Å². The number of thioether (sulfide) groups is 1. The van der Waals surface area contributed by atoms with Gasteiger partial charge in [-0.3, -0.25) is 0 Å². The topological polar surface area (TPSA) is 12.0 Å². The van der Waals surface area contributed by atoms with Crippen LogP contribution in [0, 0.1) is 5.92 Å². The first kappa shape index (κ1) is 14.2. The van der Waals surface area contributed by atoms with E-state index in [-0.39, 0.29) is 0 Å². The third-order valence-corrected chi connectivity index (χ3v) is 5.69. The molecule has 2 unspecified atom stereocenters. The minimum atomic E-state index is 0.401. The van der Waals surface area contributed by atoms with Gasteiger partial charge in [-0.2, -0.15) is 0 Å². The van der Waals surface area contributed by atoms with E-state index in [1.807, 2.05) is 11.3 Å². The third-order valence-electron chi connectivity index (χ3n) is 3.99. The molecule has 0 spiro atoms. The molecule has 1 aromatic heterocycles. The van der Waals surface area contributed by atoms with Gasteiger partial charge in [0, 0.05) is 21.9 Å². The van der Waals surface area contributed by atoms with Crippen LogP contribution in [0.15, 0.2) is 46.7 Å². The van der Waals surface area contributed by atoms with Gasteiger partial charge in [0.1, 0.15) is 0 Å². The smallest absolute Gasteiger partial charge is 0.0448 e. The first-order chi connectivity index (χ1) is 9.78. The zero-order chi connectivity index (χ0) is 13.9. The van der Waals surface area contributed by atoms with E-state index in [0.29, 0.717) is 12.1 Å². The quantitative estimate of drug-likeness (QED) is 0.729. The number of hydrogen-bond donors (Lipinski definition) is 1. The van der Waals surface area contributed by atoms with Crippen LogP contribution >= 0.6 is 23.1 Å². The van der Waals surface area contributed by atoms with Gasteiger partial charge in [-0.15, -0.1) is 23.1 Å². The molecule has 0 amide bonds. The van der Waals surface area contributed by atoms with E-state index in [0.717, 1.165) is 5.92 Å². The molecule has 1 saturated carbocycles. The van der Waals surface area contributed by atoms with Crippen LogP contribution in [-0.4, -0.2) is 6.26 Å². The first-order valence-corrected chi connectivity index (χ1v) is 9.32. The SMILES string of the molecule is CSc1ccc(C(C)NC(c2cccs2)C2CC2)cc1. The lowest BCUT2D eigenvalue weighted by Gasteiger charge is -2.23. The molecule has 1 fully saturated rings. The van der Waals surface area contributed by atoms with E-state index in [9.17, 15) is 0 Å². The van der Waals surface area contributed by atoms with Crippen LogP contribution in [0.25, 0.3) is 0 Å². The molecule has 1 aromatic carbocycles. The van der Waals surface area contributed by atoms with Crippen molar-refractivity contribution >= 4 is 23.1 Å². The summed E-state index contributed by atoms with van der Waals surface area (Å²) in [7, 11) is 0. The monoisotopic (exact) mass is 303 g/mol. The lowest BCUT2D eigenvalue weighted by atomic mass is 10.0. The molecule has 0 bridgehead atoms. The molecule has 1 heterocycles. The Hall–Kier alpha value is -0.770. The van der Waals surface area contributed by atoms with Crippen LogP contribution in [0.1, 0.15) is 42.3 Å². The number of nitrogens with one attached hydrogen (secondary N) is 1. The Morgan fingerprint density at radius 3 is 2.50 bits per heavy atom. The van der Waals surface area contributed by atoms with Gasteiger partial charge in [-0.25, -0.2) is 0 Å². The highest BCUT2D eigenvalue weighted by Gasteiger charge is 2.33. The molecule has 20 heavy (non-hydrogen) atoms. The van der Waals surface area contributed by atoms with Crippen molar-refractivity contribution in [1.29, 1.82) is 0 Å². The standard InChI is InChI=1S/C17H21NS2/c1-12(13-7-9-15(19-2)10-8-13)18-17(14-5-6-14)16-4-3-11-20-16/h3-4,7-12,14,17-18H,5-6H2,1-2H3. The van der Waals surface area contributed by atoms with Gasteiger partial charge in [0.25, 0.3) is 0 Å². The predicted molar refractivity (Wildman–Crippen MR) is 89.6 cm³/mol. The fourth-order valence-electron chi connectivity index (χ4n) is 2.61. The second-order valence-electron chi connectivity index (χ2n) is 5.49. The number of rotatable bonds is 6. The van der Waals surface area contributed by atoms with E-state index in [1.165, 1.54) is 28.2 Å². The Labute approximate surface area is 129 Å². The molecule has 106 valence electrons. The Bertz CT molecular complexity index is 529. The van der Waals surface area contributed by atoms with Gasteiger partial charge < -0.3 is 5.32 Å². The van der Waals surface area contributed by atoms with E-state index < -0.39 is 0 Å². The third kappa shape index (κ3) is 3.27. The molecule has 0 radical (unpaired) electrons. The fraction of sp³-hybridized carbons (Fsp3) is 0.412. The summed E-state index contributed by atoms with van der Waals surface area (Å²) < 4.78 is 0. The van der Waals surface area contributed by atoms with E-state index in [1.54, 1.807) is 11.8 Å². The Balaban J connectivity index is 1.71. The van der Waals surface area contributed by atoms with E-state index in [4.69, 9.17) is 0 Å². The zero-order valence-corrected chi connectivity index (χ0v) is 13.6. The van der Waals surface area contributed by atoms with Crippen molar-refractivity contribution in [3.05, 3.63) is 52.2 Å². The van der Waals surface area contributed by atoms with Crippen molar-refractivity contribution in [3.8, 4) is 0 Å². The van der Waals surface area contributed by atoms with Crippen LogP contribution in [0.3, 0.4) is 0 Å². The molecule has 2 aromatic rings. The largest absolute Gasteiger partial charge is 0.302 e. The predicted octanol–water partition coefficient (Wildman–Crippen LogP) is 5.27. The molecule has 1 aliphatic rings. The molecule has 3 rings (SSSR count). The normalized spacial score (nSPS) is 17.9. The Morgan fingerprint density at radius 1 is 1.20 bits per heavy atom. The minimum absolute atomic E-state index is 0.401. The summed E-state index contributed by atoms with van der Waals surface area (Å²) in [6.45, 7) is 2.27. The lowest BCUT2D eigenvalue weighted by molar-refractivity contribution is 0.433. The van der Waals surface area contributed by atoms with Crippen molar-refractivity contribution in [1.82, 2.24) is 5.32 Å². The van der Waals surface area contributed by atoms with Gasteiger partial charge in [0.15, 0.2) is 0 Å².